The summed E-state index contributed by atoms with van der Waals surface area (Å²) in [5.41, 5.74) is 2.12. The van der Waals surface area contributed by atoms with Crippen molar-refractivity contribution in [1.82, 2.24) is 9.80 Å². The summed E-state index contributed by atoms with van der Waals surface area (Å²) in [6.45, 7) is 11.1. The van der Waals surface area contributed by atoms with Crippen LogP contribution < -0.4 is 0 Å². The molecule has 2 fully saturated rings. The van der Waals surface area contributed by atoms with E-state index in [2.05, 4.69) is 34.1 Å². The molecule has 2 aliphatic rings. The summed E-state index contributed by atoms with van der Waals surface area (Å²) in [6, 6.07) is 9.62. The Hall–Kier alpha value is -0.940. The normalized spacial score (nSPS) is 21.3. The highest BCUT2D eigenvalue weighted by molar-refractivity contribution is 5.23. The molecule has 0 spiro atoms. The standard InChI is InChI=1S/C19H30N2O2/c1-19(2,22)8-7-16-3-5-17(6-4-16)13-20-14-18(15-20)21-9-11-23-12-10-21/h3-6,18,22H,7-15H2,1-2H3. The fourth-order valence-electron chi connectivity index (χ4n) is 3.37. The van der Waals surface area contributed by atoms with Gasteiger partial charge in [-0.15, -0.1) is 0 Å². The summed E-state index contributed by atoms with van der Waals surface area (Å²) in [7, 11) is 0. The molecule has 3 rings (SSSR count). The lowest BCUT2D eigenvalue weighted by atomic mass is 9.98. The second kappa shape index (κ2) is 7.31. The Bertz CT molecular complexity index is 483. The van der Waals surface area contributed by atoms with E-state index in [-0.39, 0.29) is 0 Å². The van der Waals surface area contributed by atoms with Crippen molar-refractivity contribution in [2.45, 2.75) is 44.9 Å². The van der Waals surface area contributed by atoms with Gasteiger partial charge in [0.05, 0.1) is 18.8 Å². The third-order valence-corrected chi connectivity index (χ3v) is 4.95. The number of hydrogen-bond donors (Lipinski definition) is 1. The predicted molar refractivity (Wildman–Crippen MR) is 92.5 cm³/mol. The Kier molecular flexibility index (Phi) is 5.37. The first-order chi connectivity index (χ1) is 11.0. The lowest BCUT2D eigenvalue weighted by Crippen LogP contribution is -2.60. The molecule has 0 unspecified atom stereocenters. The summed E-state index contributed by atoms with van der Waals surface area (Å²) in [5.74, 6) is 0. The molecule has 1 N–H and O–H groups in total. The molecule has 0 radical (unpaired) electrons. The van der Waals surface area contributed by atoms with E-state index in [0.717, 1.165) is 51.7 Å². The van der Waals surface area contributed by atoms with E-state index in [0.29, 0.717) is 0 Å². The van der Waals surface area contributed by atoms with E-state index >= 15 is 0 Å². The fourth-order valence-corrected chi connectivity index (χ4v) is 3.37. The van der Waals surface area contributed by atoms with Crippen LogP contribution in [0.15, 0.2) is 24.3 Å². The molecule has 1 aromatic carbocycles. The lowest BCUT2D eigenvalue weighted by molar-refractivity contribution is -0.0344. The number of hydrogen-bond acceptors (Lipinski definition) is 4. The van der Waals surface area contributed by atoms with Crippen LogP contribution in [-0.4, -0.2) is 65.9 Å². The number of ether oxygens (including phenoxy) is 1. The Morgan fingerprint density at radius 2 is 1.70 bits per heavy atom. The maximum absolute atomic E-state index is 9.81. The van der Waals surface area contributed by atoms with Crippen LogP contribution in [0.3, 0.4) is 0 Å². The van der Waals surface area contributed by atoms with Gasteiger partial charge in [-0.2, -0.15) is 0 Å². The molecule has 128 valence electrons. The van der Waals surface area contributed by atoms with Crippen LogP contribution in [0.25, 0.3) is 0 Å². The van der Waals surface area contributed by atoms with E-state index in [1.807, 2.05) is 13.8 Å². The number of likely N-dealkylation sites (tertiary alicyclic amines) is 1. The van der Waals surface area contributed by atoms with Gasteiger partial charge in [-0.05, 0) is 37.8 Å². The van der Waals surface area contributed by atoms with Crippen LogP contribution >= 0.6 is 0 Å². The Balaban J connectivity index is 1.41. The van der Waals surface area contributed by atoms with Gasteiger partial charge in [0.15, 0.2) is 0 Å². The summed E-state index contributed by atoms with van der Waals surface area (Å²) in [5, 5.41) is 9.81. The van der Waals surface area contributed by atoms with Gasteiger partial charge in [0, 0.05) is 38.8 Å². The van der Waals surface area contributed by atoms with Crippen molar-refractivity contribution >= 4 is 0 Å². The van der Waals surface area contributed by atoms with Crippen molar-refractivity contribution in [2.24, 2.45) is 0 Å². The van der Waals surface area contributed by atoms with Crippen LogP contribution in [0.2, 0.25) is 0 Å². The molecule has 0 amide bonds. The van der Waals surface area contributed by atoms with Crippen molar-refractivity contribution in [3.8, 4) is 0 Å². The third kappa shape index (κ3) is 5.01. The number of aryl methyl sites for hydroxylation is 1. The summed E-state index contributed by atoms with van der Waals surface area (Å²) < 4.78 is 5.42. The number of morpholine rings is 1. The predicted octanol–water partition coefficient (Wildman–Crippen LogP) is 1.91. The first-order valence-electron chi connectivity index (χ1n) is 8.84. The average molecular weight is 318 g/mol. The zero-order valence-corrected chi connectivity index (χ0v) is 14.5. The molecule has 0 atom stereocenters. The molecule has 1 aromatic rings. The van der Waals surface area contributed by atoms with E-state index in [1.165, 1.54) is 24.2 Å². The zero-order chi connectivity index (χ0) is 16.3. The van der Waals surface area contributed by atoms with E-state index < -0.39 is 5.60 Å². The van der Waals surface area contributed by atoms with Crippen LogP contribution in [0.5, 0.6) is 0 Å². The van der Waals surface area contributed by atoms with Crippen molar-refractivity contribution in [3.05, 3.63) is 35.4 Å². The smallest absolute Gasteiger partial charge is 0.0594 e. The Morgan fingerprint density at radius 1 is 1.09 bits per heavy atom. The van der Waals surface area contributed by atoms with Crippen LogP contribution in [0.1, 0.15) is 31.4 Å². The first kappa shape index (κ1) is 16.9. The molecule has 0 aromatic heterocycles. The molecule has 23 heavy (non-hydrogen) atoms. The quantitative estimate of drug-likeness (QED) is 0.869. The van der Waals surface area contributed by atoms with Gasteiger partial charge in [0.2, 0.25) is 0 Å². The highest BCUT2D eigenvalue weighted by Crippen LogP contribution is 2.20. The van der Waals surface area contributed by atoms with Crippen molar-refractivity contribution in [3.63, 3.8) is 0 Å². The minimum atomic E-state index is -0.579. The summed E-state index contributed by atoms with van der Waals surface area (Å²) >= 11 is 0. The van der Waals surface area contributed by atoms with E-state index in [9.17, 15) is 5.11 Å². The second-order valence-electron chi connectivity index (χ2n) is 7.63. The van der Waals surface area contributed by atoms with E-state index in [1.54, 1.807) is 0 Å². The fraction of sp³-hybridized carbons (Fsp3) is 0.684. The Labute approximate surface area is 140 Å². The number of rotatable bonds is 6. The molecule has 2 saturated heterocycles. The van der Waals surface area contributed by atoms with Crippen molar-refractivity contribution in [2.75, 3.05) is 39.4 Å². The van der Waals surface area contributed by atoms with E-state index in [4.69, 9.17) is 4.74 Å². The Morgan fingerprint density at radius 3 is 2.30 bits per heavy atom. The lowest BCUT2D eigenvalue weighted by Gasteiger charge is -2.46. The molecule has 0 saturated carbocycles. The van der Waals surface area contributed by atoms with Crippen molar-refractivity contribution in [1.29, 1.82) is 0 Å². The minimum absolute atomic E-state index is 0.579. The van der Waals surface area contributed by atoms with Gasteiger partial charge in [0.25, 0.3) is 0 Å². The minimum Gasteiger partial charge on any atom is -0.390 e. The topological polar surface area (TPSA) is 35.9 Å². The van der Waals surface area contributed by atoms with Gasteiger partial charge >= 0.3 is 0 Å². The number of benzene rings is 1. The largest absolute Gasteiger partial charge is 0.390 e. The van der Waals surface area contributed by atoms with Gasteiger partial charge in [-0.1, -0.05) is 24.3 Å². The van der Waals surface area contributed by atoms with Crippen LogP contribution in [0, 0.1) is 0 Å². The molecular weight excluding hydrogens is 288 g/mol. The molecule has 0 bridgehead atoms. The average Bonchev–Trinajstić information content (AvgIpc) is 2.50. The first-order valence-corrected chi connectivity index (χ1v) is 8.84. The maximum atomic E-state index is 9.81. The highest BCUT2D eigenvalue weighted by atomic mass is 16.5. The SMILES string of the molecule is CC(C)(O)CCc1ccc(CN2CC(N3CCOCC3)C2)cc1. The molecule has 4 heteroatoms. The number of aliphatic hydroxyl groups is 1. The summed E-state index contributed by atoms with van der Waals surface area (Å²) in [4.78, 5) is 5.09. The van der Waals surface area contributed by atoms with Gasteiger partial charge < -0.3 is 9.84 Å². The third-order valence-electron chi connectivity index (χ3n) is 4.95. The van der Waals surface area contributed by atoms with Crippen LogP contribution in [0.4, 0.5) is 0 Å². The van der Waals surface area contributed by atoms with Crippen LogP contribution in [-0.2, 0) is 17.7 Å². The number of nitrogens with zero attached hydrogens (tertiary/aromatic N) is 2. The van der Waals surface area contributed by atoms with Crippen molar-refractivity contribution < 1.29 is 9.84 Å². The monoisotopic (exact) mass is 318 g/mol. The second-order valence-corrected chi connectivity index (χ2v) is 7.63. The summed E-state index contributed by atoms with van der Waals surface area (Å²) in [6.07, 6.45) is 1.74. The highest BCUT2D eigenvalue weighted by Gasteiger charge is 2.32. The maximum Gasteiger partial charge on any atom is 0.0594 e. The van der Waals surface area contributed by atoms with Gasteiger partial charge in [-0.3, -0.25) is 9.80 Å². The molecule has 4 nitrogen and oxygen atoms in total. The van der Waals surface area contributed by atoms with Gasteiger partial charge in [-0.25, -0.2) is 0 Å². The molecule has 2 aliphatic heterocycles. The van der Waals surface area contributed by atoms with Gasteiger partial charge in [0.1, 0.15) is 0 Å². The molecule has 0 aliphatic carbocycles. The molecular formula is C19H30N2O2. The molecule has 2 heterocycles. The zero-order valence-electron chi connectivity index (χ0n) is 14.5.